The number of hydrogen-bond donors (Lipinski definition) is 3. The highest BCUT2D eigenvalue weighted by Gasteiger charge is 2.30. The van der Waals surface area contributed by atoms with E-state index in [1.165, 1.54) is 57.8 Å². The molecule has 17 nitrogen and oxygen atoms in total. The number of carbonyl (C=O) groups is 4. The number of phosphoric ester groups is 2. The highest BCUT2D eigenvalue weighted by molar-refractivity contribution is 7.47. The van der Waals surface area contributed by atoms with Gasteiger partial charge in [-0.2, -0.15) is 0 Å². The zero-order valence-electron chi connectivity index (χ0n) is 63.1. The molecule has 5 atom stereocenters. The third kappa shape index (κ3) is 72.3. The Hall–Kier alpha value is -4.02. The van der Waals surface area contributed by atoms with Crippen LogP contribution < -0.4 is 0 Å². The molecule has 0 heterocycles. The van der Waals surface area contributed by atoms with Crippen LogP contribution in [0.5, 0.6) is 0 Å². The molecule has 19 heteroatoms. The van der Waals surface area contributed by atoms with Crippen molar-refractivity contribution in [3.63, 3.8) is 0 Å². The average Bonchev–Trinajstić information content (AvgIpc) is 1.02. The summed E-state index contributed by atoms with van der Waals surface area (Å²) in [6, 6.07) is 0. The molecular formula is C81H142O17P2. The lowest BCUT2D eigenvalue weighted by atomic mass is 10.1. The van der Waals surface area contributed by atoms with Gasteiger partial charge in [0.15, 0.2) is 12.2 Å². The molecule has 578 valence electrons. The molecule has 0 aromatic carbocycles. The number of ether oxygens (including phenoxy) is 4. The first-order valence-corrected chi connectivity index (χ1v) is 42.5. The number of unbranched alkanes of at least 4 members (excludes halogenated alkanes) is 32. The predicted molar refractivity (Wildman–Crippen MR) is 409 cm³/mol. The van der Waals surface area contributed by atoms with Crippen molar-refractivity contribution < 1.29 is 80.2 Å². The van der Waals surface area contributed by atoms with Crippen LogP contribution in [0.25, 0.3) is 0 Å². The van der Waals surface area contributed by atoms with Crippen molar-refractivity contribution in [2.75, 3.05) is 39.6 Å². The molecule has 3 N–H and O–H groups in total. The molecule has 5 unspecified atom stereocenters. The first-order chi connectivity index (χ1) is 48.7. The van der Waals surface area contributed by atoms with Crippen LogP contribution in [-0.2, 0) is 65.4 Å². The Labute approximate surface area is 607 Å². The maximum absolute atomic E-state index is 13.1. The van der Waals surface area contributed by atoms with Crippen molar-refractivity contribution in [2.24, 2.45) is 0 Å². The Bertz CT molecular complexity index is 2270. The number of allylic oxidation sites excluding steroid dienone is 16. The normalized spacial score (nSPS) is 14.4. The molecule has 0 amide bonds. The van der Waals surface area contributed by atoms with Gasteiger partial charge in [-0.1, -0.05) is 285 Å². The smallest absolute Gasteiger partial charge is 0.462 e. The maximum atomic E-state index is 13.1. The van der Waals surface area contributed by atoms with Gasteiger partial charge >= 0.3 is 39.5 Å². The molecule has 0 saturated carbocycles. The molecule has 0 saturated heterocycles. The minimum absolute atomic E-state index is 0.0774. The van der Waals surface area contributed by atoms with Gasteiger partial charge in [0.25, 0.3) is 0 Å². The Morgan fingerprint density at radius 1 is 0.290 bits per heavy atom. The van der Waals surface area contributed by atoms with Crippen LogP contribution in [0.15, 0.2) is 97.2 Å². The van der Waals surface area contributed by atoms with E-state index >= 15 is 0 Å². The molecule has 0 aliphatic carbocycles. The van der Waals surface area contributed by atoms with Crippen LogP contribution in [0, 0.1) is 0 Å². The Morgan fingerprint density at radius 3 is 0.820 bits per heavy atom. The van der Waals surface area contributed by atoms with Gasteiger partial charge in [-0.3, -0.25) is 37.3 Å². The van der Waals surface area contributed by atoms with E-state index in [9.17, 15) is 43.2 Å². The number of esters is 4. The van der Waals surface area contributed by atoms with Crippen LogP contribution >= 0.6 is 15.6 Å². The lowest BCUT2D eigenvalue weighted by Gasteiger charge is -2.21. The fourth-order valence-corrected chi connectivity index (χ4v) is 12.2. The first-order valence-electron chi connectivity index (χ1n) is 39.5. The molecule has 0 aliphatic rings. The standard InChI is InChI=1S/C81H142O17P2/c1-5-9-13-17-21-25-29-32-35-37-40-42-46-49-53-57-61-65-78(83)91-71-76(97-80(85)67-63-59-55-51-45-28-24-20-16-12-8-4)73-95-99(87,88)93-69-75(82)70-94-100(89,90)96-74-77(98-81(86)68-64-60-56-52-48-44-39-34-31-27-23-19-15-11-7-3)72-92-79(84)66-62-58-54-50-47-43-41-38-36-33-30-26-22-18-14-10-6-2/h9-10,13-14,21-23,25-27,32-36,39,75-77,82H,5-8,11-12,15-20,24,28-31,37-38,40-74H2,1-4H3,(H,87,88)(H,89,90)/b13-9-,14-10-,25-21-,26-22-,27-23-,35-32-,36-33-,39-34-. The summed E-state index contributed by atoms with van der Waals surface area (Å²) in [6.07, 6.45) is 76.7. The van der Waals surface area contributed by atoms with Crippen molar-refractivity contribution >= 4 is 39.5 Å². The molecule has 0 radical (unpaired) electrons. The monoisotopic (exact) mass is 1450 g/mol. The van der Waals surface area contributed by atoms with Gasteiger partial charge in [-0.05, 0) is 122 Å². The zero-order chi connectivity index (χ0) is 73.2. The number of rotatable bonds is 74. The van der Waals surface area contributed by atoms with Crippen molar-refractivity contribution in [1.29, 1.82) is 0 Å². The van der Waals surface area contributed by atoms with E-state index in [1.54, 1.807) is 0 Å². The van der Waals surface area contributed by atoms with Crippen LogP contribution in [-0.4, -0.2) is 96.7 Å². The topological polar surface area (TPSA) is 237 Å². The minimum atomic E-state index is -4.98. The van der Waals surface area contributed by atoms with E-state index in [0.29, 0.717) is 25.7 Å². The highest BCUT2D eigenvalue weighted by atomic mass is 31.2. The summed E-state index contributed by atoms with van der Waals surface area (Å²) in [4.78, 5) is 72.9. The van der Waals surface area contributed by atoms with Gasteiger partial charge in [-0.25, -0.2) is 9.13 Å². The maximum Gasteiger partial charge on any atom is 0.472 e. The second-order valence-corrected chi connectivity index (χ2v) is 29.2. The second-order valence-electron chi connectivity index (χ2n) is 26.2. The largest absolute Gasteiger partial charge is 0.472 e. The SMILES string of the molecule is CC/C=C\C/C=C\C/C=C\CCCCCCCCCC(=O)OCC(COP(=O)(O)OCC(O)COP(=O)(O)OCC(COC(=O)CCCCCCCCC/C=C\C/C=C\C/C=C\CC)OC(=O)CCCCCCCCCCCCC)OC(=O)CCCCCCC/C=C\C/C=C\CCCCC. The molecular weight excluding hydrogens is 1310 g/mol. The van der Waals surface area contributed by atoms with Gasteiger partial charge in [0.1, 0.15) is 19.3 Å². The highest BCUT2D eigenvalue weighted by Crippen LogP contribution is 2.45. The Balaban J connectivity index is 5.32. The summed E-state index contributed by atoms with van der Waals surface area (Å²) in [5.74, 6) is -2.19. The van der Waals surface area contributed by atoms with Crippen LogP contribution in [0.1, 0.15) is 336 Å². The van der Waals surface area contributed by atoms with E-state index in [4.69, 9.17) is 37.0 Å². The molecule has 0 rings (SSSR count). The number of aliphatic hydroxyl groups excluding tert-OH is 1. The summed E-state index contributed by atoms with van der Waals surface area (Å²) < 4.78 is 68.5. The summed E-state index contributed by atoms with van der Waals surface area (Å²) >= 11 is 0. The predicted octanol–water partition coefficient (Wildman–Crippen LogP) is 22.8. The van der Waals surface area contributed by atoms with Gasteiger partial charge in [-0.15, -0.1) is 0 Å². The molecule has 0 bridgehead atoms. The molecule has 0 spiro atoms. The van der Waals surface area contributed by atoms with Gasteiger partial charge in [0.05, 0.1) is 26.4 Å². The fourth-order valence-electron chi connectivity index (χ4n) is 10.6. The number of phosphoric acid groups is 2. The van der Waals surface area contributed by atoms with Crippen molar-refractivity contribution in [1.82, 2.24) is 0 Å². The number of carbonyl (C=O) groups excluding carboxylic acids is 4. The molecule has 0 aliphatic heterocycles. The zero-order valence-corrected chi connectivity index (χ0v) is 64.9. The fraction of sp³-hybridized carbons (Fsp3) is 0.753. The summed E-state index contributed by atoms with van der Waals surface area (Å²) in [5, 5.41) is 10.6. The van der Waals surface area contributed by atoms with Crippen molar-refractivity contribution in [3.05, 3.63) is 97.2 Å². The first kappa shape index (κ1) is 96.0. The van der Waals surface area contributed by atoms with E-state index in [1.807, 2.05) is 0 Å². The number of hydrogen-bond acceptors (Lipinski definition) is 15. The minimum Gasteiger partial charge on any atom is -0.462 e. The lowest BCUT2D eigenvalue weighted by molar-refractivity contribution is -0.161. The van der Waals surface area contributed by atoms with Crippen LogP contribution in [0.4, 0.5) is 0 Å². The van der Waals surface area contributed by atoms with Gasteiger partial charge in [0.2, 0.25) is 0 Å². The quantitative estimate of drug-likeness (QED) is 0.0169. The molecule has 100 heavy (non-hydrogen) atoms. The van der Waals surface area contributed by atoms with Gasteiger partial charge < -0.3 is 33.8 Å². The summed E-state index contributed by atoms with van der Waals surface area (Å²) in [6.45, 7) is 4.62. The Morgan fingerprint density at radius 2 is 0.520 bits per heavy atom. The van der Waals surface area contributed by atoms with Crippen molar-refractivity contribution in [2.45, 2.75) is 354 Å². The van der Waals surface area contributed by atoms with Gasteiger partial charge in [0, 0.05) is 25.7 Å². The van der Waals surface area contributed by atoms with E-state index in [-0.39, 0.29) is 25.7 Å². The third-order valence-electron chi connectivity index (χ3n) is 16.5. The molecule has 0 aromatic rings. The summed E-state index contributed by atoms with van der Waals surface area (Å²) in [7, 11) is -9.95. The average molecular weight is 1450 g/mol. The van der Waals surface area contributed by atoms with E-state index < -0.39 is 97.5 Å². The molecule has 0 aromatic heterocycles. The summed E-state index contributed by atoms with van der Waals surface area (Å²) in [5.41, 5.74) is 0. The Kier molecular flexibility index (Phi) is 70.4. The van der Waals surface area contributed by atoms with E-state index in [2.05, 4.69) is 125 Å². The lowest BCUT2D eigenvalue weighted by Crippen LogP contribution is -2.30. The third-order valence-corrected chi connectivity index (χ3v) is 18.4. The van der Waals surface area contributed by atoms with Crippen molar-refractivity contribution in [3.8, 4) is 0 Å². The van der Waals surface area contributed by atoms with Crippen LogP contribution in [0.2, 0.25) is 0 Å². The number of aliphatic hydroxyl groups is 1. The second kappa shape index (κ2) is 73.3. The van der Waals surface area contributed by atoms with Crippen LogP contribution in [0.3, 0.4) is 0 Å². The van der Waals surface area contributed by atoms with E-state index in [0.717, 1.165) is 199 Å². The molecule has 0 fully saturated rings.